The van der Waals surface area contributed by atoms with Gasteiger partial charge in [0.2, 0.25) is 0 Å². The smallest absolute Gasteiger partial charge is 0.193 e. The van der Waals surface area contributed by atoms with Crippen LogP contribution in [0.5, 0.6) is 0 Å². The first-order chi connectivity index (χ1) is 9.27. The molecule has 0 bridgehead atoms. The molecule has 104 valence electrons. The second kappa shape index (κ2) is 5.63. The molecule has 0 unspecified atom stereocenters. The molecule has 1 fully saturated rings. The van der Waals surface area contributed by atoms with E-state index in [1.807, 2.05) is 0 Å². The highest BCUT2D eigenvalue weighted by Crippen LogP contribution is 2.44. The minimum Gasteiger partial charge on any atom is -0.297 e. The van der Waals surface area contributed by atoms with Crippen LogP contribution >= 0.6 is 34.5 Å². The van der Waals surface area contributed by atoms with Crippen molar-refractivity contribution in [3.8, 4) is 0 Å². The molecule has 0 atom stereocenters. The lowest BCUT2D eigenvalue weighted by Crippen LogP contribution is -2.35. The van der Waals surface area contributed by atoms with Crippen LogP contribution in [0.4, 0.5) is 0 Å². The molecule has 2 aromatic heterocycles. The van der Waals surface area contributed by atoms with E-state index in [4.69, 9.17) is 23.2 Å². The first-order valence-electron chi connectivity index (χ1n) is 6.80. The molecule has 1 aliphatic carbocycles. The lowest BCUT2D eigenvalue weighted by atomic mass is 9.74. The number of alkyl halides is 2. The molecule has 2 aromatic rings. The van der Waals surface area contributed by atoms with Crippen LogP contribution in [0.2, 0.25) is 0 Å². The fraction of sp³-hybridized carbons (Fsp3) is 0.643. The molecule has 1 aliphatic rings. The molecule has 0 aliphatic heterocycles. The van der Waals surface area contributed by atoms with Gasteiger partial charge < -0.3 is 0 Å². The summed E-state index contributed by atoms with van der Waals surface area (Å²) < 4.78 is 2.09. The van der Waals surface area contributed by atoms with Crippen LogP contribution in [0.25, 0.3) is 4.96 Å². The van der Waals surface area contributed by atoms with Crippen molar-refractivity contribution in [2.24, 2.45) is 11.3 Å². The summed E-state index contributed by atoms with van der Waals surface area (Å²) >= 11 is 14.3. The summed E-state index contributed by atoms with van der Waals surface area (Å²) in [4.78, 5) is 5.74. The highest BCUT2D eigenvalue weighted by molar-refractivity contribution is 7.15. The van der Waals surface area contributed by atoms with E-state index in [1.165, 1.54) is 25.7 Å². The van der Waals surface area contributed by atoms with E-state index in [0.717, 1.165) is 17.1 Å². The molecule has 19 heavy (non-hydrogen) atoms. The Balaban J connectivity index is 1.85. The van der Waals surface area contributed by atoms with Crippen LogP contribution in [-0.2, 0) is 6.42 Å². The molecule has 3 rings (SSSR count). The molecule has 2 nitrogen and oxygen atoms in total. The van der Waals surface area contributed by atoms with Gasteiger partial charge in [-0.3, -0.25) is 4.40 Å². The minimum absolute atomic E-state index is 0.0175. The monoisotopic (exact) mass is 316 g/mol. The number of fused-ring (bicyclic) bond motifs is 1. The van der Waals surface area contributed by atoms with Crippen LogP contribution in [0.3, 0.4) is 0 Å². The maximum atomic E-state index is 6.31. The normalized spacial score (nSPS) is 17.6. The Labute approximate surface area is 127 Å². The molecule has 0 amide bonds. The summed E-state index contributed by atoms with van der Waals surface area (Å²) in [5, 5.41) is 2.05. The second-order valence-electron chi connectivity index (χ2n) is 5.61. The number of aromatic nitrogens is 2. The number of imidazole rings is 1. The molecule has 0 spiro atoms. The Morgan fingerprint density at radius 2 is 2.05 bits per heavy atom. The Morgan fingerprint density at radius 3 is 2.68 bits per heavy atom. The van der Waals surface area contributed by atoms with Crippen molar-refractivity contribution in [3.05, 3.63) is 23.5 Å². The van der Waals surface area contributed by atoms with Gasteiger partial charge in [-0.2, -0.15) is 0 Å². The van der Waals surface area contributed by atoms with Gasteiger partial charge in [-0.05, 0) is 25.2 Å². The van der Waals surface area contributed by atoms with Gasteiger partial charge in [-0.25, -0.2) is 4.98 Å². The number of rotatable bonds is 5. The van der Waals surface area contributed by atoms with Crippen molar-refractivity contribution in [2.45, 2.75) is 32.1 Å². The number of hydrogen-bond donors (Lipinski definition) is 0. The summed E-state index contributed by atoms with van der Waals surface area (Å²) in [6.45, 7) is 0. The van der Waals surface area contributed by atoms with E-state index in [9.17, 15) is 0 Å². The molecular formula is C14H18Cl2N2S. The second-order valence-corrected chi connectivity index (χ2v) is 7.02. The molecular weight excluding hydrogens is 299 g/mol. The fourth-order valence-corrected chi connectivity index (χ4v) is 4.88. The third kappa shape index (κ3) is 2.53. The Kier molecular flexibility index (Phi) is 4.06. The van der Waals surface area contributed by atoms with Crippen LogP contribution < -0.4 is 0 Å². The summed E-state index contributed by atoms with van der Waals surface area (Å²) in [7, 11) is 0. The van der Waals surface area contributed by atoms with Crippen molar-refractivity contribution in [1.82, 2.24) is 9.38 Å². The van der Waals surface area contributed by atoms with Gasteiger partial charge >= 0.3 is 0 Å². The van der Waals surface area contributed by atoms with Crippen molar-refractivity contribution >= 4 is 39.5 Å². The van der Waals surface area contributed by atoms with E-state index in [1.54, 1.807) is 11.3 Å². The molecule has 0 radical (unpaired) electrons. The quantitative estimate of drug-likeness (QED) is 0.737. The third-order valence-electron chi connectivity index (χ3n) is 4.43. The van der Waals surface area contributed by atoms with E-state index in [-0.39, 0.29) is 5.41 Å². The van der Waals surface area contributed by atoms with E-state index in [0.29, 0.717) is 17.7 Å². The zero-order valence-electron chi connectivity index (χ0n) is 10.8. The van der Waals surface area contributed by atoms with E-state index < -0.39 is 0 Å². The number of halogens is 2. The van der Waals surface area contributed by atoms with Crippen molar-refractivity contribution < 1.29 is 0 Å². The van der Waals surface area contributed by atoms with E-state index >= 15 is 0 Å². The summed E-state index contributed by atoms with van der Waals surface area (Å²) in [5.41, 5.74) is 1.14. The summed E-state index contributed by atoms with van der Waals surface area (Å²) in [5.74, 6) is 1.92. The van der Waals surface area contributed by atoms with E-state index in [2.05, 4.69) is 27.2 Å². The zero-order valence-corrected chi connectivity index (χ0v) is 13.1. The summed E-state index contributed by atoms with van der Waals surface area (Å²) in [6, 6.07) is 0. The highest BCUT2D eigenvalue weighted by Gasteiger charge is 2.39. The average Bonchev–Trinajstić information content (AvgIpc) is 3.12. The third-order valence-corrected chi connectivity index (χ3v) is 6.27. The standard InChI is InChI=1S/C14H18Cl2N2S/c15-9-14(10-16,11-3-1-2-4-11)7-12-8-18-5-6-19-13(18)17-12/h5-6,8,11H,1-4,7,9-10H2. The lowest BCUT2D eigenvalue weighted by Gasteiger charge is -2.35. The predicted molar refractivity (Wildman–Crippen MR) is 82.6 cm³/mol. The Bertz CT molecular complexity index is 510. The molecule has 2 heterocycles. The fourth-order valence-electron chi connectivity index (χ4n) is 3.25. The van der Waals surface area contributed by atoms with Crippen molar-refractivity contribution in [2.75, 3.05) is 11.8 Å². The summed E-state index contributed by atoms with van der Waals surface area (Å²) in [6.07, 6.45) is 10.2. The van der Waals surface area contributed by atoms with Crippen LogP contribution in [-0.4, -0.2) is 21.1 Å². The maximum absolute atomic E-state index is 6.31. The minimum atomic E-state index is 0.0175. The van der Waals surface area contributed by atoms with Gasteiger partial charge in [0.25, 0.3) is 0 Å². The number of thiazole rings is 1. The highest BCUT2D eigenvalue weighted by atomic mass is 35.5. The lowest BCUT2D eigenvalue weighted by molar-refractivity contribution is 0.223. The number of hydrogen-bond acceptors (Lipinski definition) is 2. The number of nitrogens with zero attached hydrogens (tertiary/aromatic N) is 2. The Morgan fingerprint density at radius 1 is 1.32 bits per heavy atom. The van der Waals surface area contributed by atoms with Crippen molar-refractivity contribution in [3.63, 3.8) is 0 Å². The van der Waals surface area contributed by atoms with Gasteiger partial charge in [0.05, 0.1) is 5.69 Å². The average molecular weight is 317 g/mol. The van der Waals surface area contributed by atoms with Gasteiger partial charge in [0.1, 0.15) is 0 Å². The molecule has 0 aromatic carbocycles. The van der Waals surface area contributed by atoms with Gasteiger partial charge in [0, 0.05) is 34.9 Å². The first-order valence-corrected chi connectivity index (χ1v) is 8.75. The molecule has 5 heteroatoms. The van der Waals surface area contributed by atoms with Gasteiger partial charge in [-0.15, -0.1) is 34.5 Å². The predicted octanol–water partition coefficient (Wildman–Crippen LogP) is 4.59. The zero-order chi connectivity index (χ0) is 13.3. The van der Waals surface area contributed by atoms with Gasteiger partial charge in [-0.1, -0.05) is 12.8 Å². The van der Waals surface area contributed by atoms with Crippen molar-refractivity contribution in [1.29, 1.82) is 0 Å². The SMILES string of the molecule is ClCC(CCl)(Cc1cn2ccsc2n1)C1CCCC1. The maximum Gasteiger partial charge on any atom is 0.193 e. The van der Waals surface area contributed by atoms with Crippen LogP contribution in [0.15, 0.2) is 17.8 Å². The molecule has 1 saturated carbocycles. The van der Waals surface area contributed by atoms with Crippen LogP contribution in [0.1, 0.15) is 31.4 Å². The Hall–Kier alpha value is -0.250. The van der Waals surface area contributed by atoms with Crippen LogP contribution in [0, 0.1) is 11.3 Å². The first kappa shape index (κ1) is 13.7. The molecule has 0 saturated heterocycles. The topological polar surface area (TPSA) is 17.3 Å². The largest absolute Gasteiger partial charge is 0.297 e. The molecule has 0 N–H and O–H groups in total. The van der Waals surface area contributed by atoms with Gasteiger partial charge in [0.15, 0.2) is 4.96 Å².